The Morgan fingerprint density at radius 3 is 2.42 bits per heavy atom. The number of aryl methyl sites for hydroxylation is 1. The van der Waals surface area contributed by atoms with E-state index in [0.29, 0.717) is 18.0 Å². The lowest BCUT2D eigenvalue weighted by molar-refractivity contribution is 0.567. The summed E-state index contributed by atoms with van der Waals surface area (Å²) in [5.74, 6) is 1.68. The molecule has 1 aromatic rings. The Morgan fingerprint density at radius 2 is 1.89 bits per heavy atom. The summed E-state index contributed by atoms with van der Waals surface area (Å²) in [7, 11) is 2.16. The number of pyridine rings is 1. The van der Waals surface area contributed by atoms with Crippen LogP contribution in [0.25, 0.3) is 0 Å². The number of nitrogens with zero attached hydrogens (tertiary/aromatic N) is 3. The van der Waals surface area contributed by atoms with Gasteiger partial charge < -0.3 is 9.80 Å². The van der Waals surface area contributed by atoms with Crippen molar-refractivity contribution in [1.82, 2.24) is 4.98 Å². The highest BCUT2D eigenvalue weighted by Gasteiger charge is 2.31. The van der Waals surface area contributed by atoms with Gasteiger partial charge in [0.1, 0.15) is 0 Å². The second-order valence-electron chi connectivity index (χ2n) is 6.39. The van der Waals surface area contributed by atoms with Crippen LogP contribution in [-0.4, -0.2) is 30.7 Å². The van der Waals surface area contributed by atoms with E-state index in [1.165, 1.54) is 11.3 Å². The fraction of sp³-hybridized carbons (Fsp3) is 0.688. The molecule has 1 atom stereocenters. The normalized spacial score (nSPS) is 19.3. The maximum Gasteiger partial charge on any atom is 0.152 e. The number of likely N-dealkylation sites (N-methyl/N-ethyl adjacent to an activating group) is 1. The molecule has 2 heterocycles. The summed E-state index contributed by atoms with van der Waals surface area (Å²) in [4.78, 5) is 9.65. The molecular weight excluding hydrogens is 234 g/mol. The smallest absolute Gasteiger partial charge is 0.152 e. The Bertz CT molecular complexity index is 465. The van der Waals surface area contributed by atoms with Crippen molar-refractivity contribution >= 4 is 11.5 Å². The lowest BCUT2D eigenvalue weighted by Crippen LogP contribution is -2.49. The van der Waals surface area contributed by atoms with Crippen molar-refractivity contribution < 1.29 is 0 Å². The van der Waals surface area contributed by atoms with E-state index in [4.69, 9.17) is 4.98 Å². The maximum absolute atomic E-state index is 4.81. The van der Waals surface area contributed by atoms with Crippen LogP contribution in [-0.2, 0) is 0 Å². The zero-order valence-electron chi connectivity index (χ0n) is 13.4. The van der Waals surface area contributed by atoms with Crippen molar-refractivity contribution in [3.63, 3.8) is 0 Å². The molecule has 0 bridgehead atoms. The standard InChI is InChI=1S/C16H27N3/c1-10(2)14-8-12(5)17-16-15(14)19(11(3)4)9-13(6)18(16)7/h8,10-11,13H,9H2,1-7H3/t13-/m1/s1. The van der Waals surface area contributed by atoms with Gasteiger partial charge in [0, 0.05) is 31.4 Å². The zero-order chi connectivity index (χ0) is 14.3. The Hall–Kier alpha value is -1.25. The van der Waals surface area contributed by atoms with Gasteiger partial charge in [0.05, 0.1) is 5.69 Å². The quantitative estimate of drug-likeness (QED) is 0.811. The summed E-state index contributed by atoms with van der Waals surface area (Å²) in [6, 6.07) is 3.27. The molecule has 0 saturated carbocycles. The van der Waals surface area contributed by atoms with Crippen molar-refractivity contribution in [3.05, 3.63) is 17.3 Å². The van der Waals surface area contributed by atoms with Crippen molar-refractivity contribution in [3.8, 4) is 0 Å². The number of anilines is 2. The minimum Gasteiger partial charge on any atom is -0.364 e. The third kappa shape index (κ3) is 2.43. The predicted molar refractivity (Wildman–Crippen MR) is 83.4 cm³/mol. The van der Waals surface area contributed by atoms with Crippen LogP contribution < -0.4 is 9.80 Å². The topological polar surface area (TPSA) is 19.4 Å². The predicted octanol–water partition coefficient (Wildman–Crippen LogP) is 3.57. The third-order valence-corrected chi connectivity index (χ3v) is 4.12. The van der Waals surface area contributed by atoms with Gasteiger partial charge in [-0.1, -0.05) is 13.8 Å². The largest absolute Gasteiger partial charge is 0.364 e. The van der Waals surface area contributed by atoms with Crippen LogP contribution >= 0.6 is 0 Å². The number of hydrogen-bond donors (Lipinski definition) is 0. The van der Waals surface area contributed by atoms with E-state index in [-0.39, 0.29) is 0 Å². The lowest BCUT2D eigenvalue weighted by atomic mass is 9.97. The molecule has 1 aromatic heterocycles. The molecule has 1 aliphatic rings. The summed E-state index contributed by atoms with van der Waals surface area (Å²) in [6.07, 6.45) is 0. The van der Waals surface area contributed by atoms with E-state index in [0.717, 1.165) is 18.1 Å². The van der Waals surface area contributed by atoms with Crippen LogP contribution in [0, 0.1) is 6.92 Å². The lowest BCUT2D eigenvalue weighted by Gasteiger charge is -2.44. The number of hydrogen-bond acceptors (Lipinski definition) is 3. The van der Waals surface area contributed by atoms with Gasteiger partial charge in [-0.15, -0.1) is 0 Å². The summed E-state index contributed by atoms with van der Waals surface area (Å²) in [6.45, 7) is 14.5. The minimum atomic E-state index is 0.504. The van der Waals surface area contributed by atoms with E-state index in [1.807, 2.05) is 0 Å². The zero-order valence-corrected chi connectivity index (χ0v) is 13.4. The van der Waals surface area contributed by atoms with Crippen LogP contribution in [0.1, 0.15) is 51.8 Å². The average Bonchev–Trinajstić information content (AvgIpc) is 2.32. The number of aromatic nitrogens is 1. The van der Waals surface area contributed by atoms with Gasteiger partial charge in [0.25, 0.3) is 0 Å². The molecule has 106 valence electrons. The first-order chi connectivity index (χ1) is 8.82. The molecule has 3 nitrogen and oxygen atoms in total. The molecule has 19 heavy (non-hydrogen) atoms. The van der Waals surface area contributed by atoms with Crippen molar-refractivity contribution in [2.24, 2.45) is 0 Å². The molecule has 0 amide bonds. The first-order valence-electron chi connectivity index (χ1n) is 7.34. The minimum absolute atomic E-state index is 0.504. The van der Waals surface area contributed by atoms with Gasteiger partial charge in [0.2, 0.25) is 0 Å². The van der Waals surface area contributed by atoms with Crippen molar-refractivity contribution in [1.29, 1.82) is 0 Å². The van der Waals surface area contributed by atoms with Gasteiger partial charge in [0.15, 0.2) is 5.82 Å². The third-order valence-electron chi connectivity index (χ3n) is 4.12. The van der Waals surface area contributed by atoms with E-state index < -0.39 is 0 Å². The van der Waals surface area contributed by atoms with Crippen LogP contribution in [0.5, 0.6) is 0 Å². The molecule has 3 heteroatoms. The number of fused-ring (bicyclic) bond motifs is 1. The Labute approximate surface area is 117 Å². The molecule has 0 fully saturated rings. The van der Waals surface area contributed by atoms with Crippen LogP contribution in [0.3, 0.4) is 0 Å². The second kappa shape index (κ2) is 5.03. The molecule has 2 rings (SSSR count). The van der Waals surface area contributed by atoms with Crippen molar-refractivity contribution in [2.45, 2.75) is 59.5 Å². The second-order valence-corrected chi connectivity index (χ2v) is 6.39. The fourth-order valence-corrected chi connectivity index (χ4v) is 2.83. The molecule has 0 saturated heterocycles. The Kier molecular flexibility index (Phi) is 3.75. The van der Waals surface area contributed by atoms with Gasteiger partial charge in [-0.2, -0.15) is 0 Å². The summed E-state index contributed by atoms with van der Waals surface area (Å²) < 4.78 is 0. The molecule has 0 N–H and O–H groups in total. The highest BCUT2D eigenvalue weighted by molar-refractivity contribution is 5.75. The highest BCUT2D eigenvalue weighted by Crippen LogP contribution is 2.40. The van der Waals surface area contributed by atoms with Crippen LogP contribution in [0.2, 0.25) is 0 Å². The van der Waals surface area contributed by atoms with Gasteiger partial charge in [-0.25, -0.2) is 4.98 Å². The summed E-state index contributed by atoms with van der Waals surface area (Å²) >= 11 is 0. The Balaban J connectivity index is 2.66. The molecule has 0 aromatic carbocycles. The molecular formula is C16H27N3. The maximum atomic E-state index is 4.81. The fourth-order valence-electron chi connectivity index (χ4n) is 2.83. The van der Waals surface area contributed by atoms with Gasteiger partial charge >= 0.3 is 0 Å². The van der Waals surface area contributed by atoms with E-state index >= 15 is 0 Å². The SMILES string of the molecule is Cc1cc(C(C)C)c2c(n1)N(C)[C@H](C)CN2C(C)C. The van der Waals surface area contributed by atoms with Gasteiger partial charge in [-0.05, 0) is 45.2 Å². The Morgan fingerprint density at radius 1 is 1.26 bits per heavy atom. The van der Waals surface area contributed by atoms with Crippen molar-refractivity contribution in [2.75, 3.05) is 23.4 Å². The van der Waals surface area contributed by atoms with Crippen LogP contribution in [0.15, 0.2) is 6.07 Å². The summed E-state index contributed by atoms with van der Waals surface area (Å²) in [5, 5.41) is 0. The molecule has 0 aliphatic carbocycles. The first kappa shape index (κ1) is 14.2. The molecule has 0 spiro atoms. The average molecular weight is 261 g/mol. The summed E-state index contributed by atoms with van der Waals surface area (Å²) in [5.41, 5.74) is 3.89. The number of rotatable bonds is 2. The van der Waals surface area contributed by atoms with Crippen LogP contribution in [0.4, 0.5) is 11.5 Å². The van der Waals surface area contributed by atoms with E-state index in [9.17, 15) is 0 Å². The van der Waals surface area contributed by atoms with E-state index in [1.54, 1.807) is 0 Å². The van der Waals surface area contributed by atoms with Gasteiger partial charge in [-0.3, -0.25) is 0 Å². The highest BCUT2D eigenvalue weighted by atomic mass is 15.3. The molecule has 1 aliphatic heterocycles. The first-order valence-corrected chi connectivity index (χ1v) is 7.34. The molecule has 0 radical (unpaired) electrons. The monoisotopic (exact) mass is 261 g/mol. The van der Waals surface area contributed by atoms with E-state index in [2.05, 4.69) is 64.5 Å². The molecule has 0 unspecified atom stereocenters.